The van der Waals surface area contributed by atoms with Gasteiger partial charge in [-0.2, -0.15) is 0 Å². The summed E-state index contributed by atoms with van der Waals surface area (Å²) in [7, 11) is 0. The Hall–Kier alpha value is -2.20. The molecule has 4 rings (SSSR count). The second kappa shape index (κ2) is 5.21. The Morgan fingerprint density at radius 1 is 1.14 bits per heavy atom. The van der Waals surface area contributed by atoms with Gasteiger partial charge in [-0.1, -0.05) is 34.1 Å². The summed E-state index contributed by atoms with van der Waals surface area (Å²) >= 11 is 3.48. The minimum absolute atomic E-state index is 0.0998. The Balaban J connectivity index is 1.82. The van der Waals surface area contributed by atoms with Crippen LogP contribution < -0.4 is 4.74 Å². The molecule has 0 saturated carbocycles. The number of carbonyl (C=O) groups excluding carboxylic acids is 1. The number of aromatic nitrogens is 1. The predicted molar refractivity (Wildman–Crippen MR) is 88.2 cm³/mol. The van der Waals surface area contributed by atoms with E-state index in [0.717, 1.165) is 20.9 Å². The van der Waals surface area contributed by atoms with E-state index in [-0.39, 0.29) is 11.9 Å². The summed E-state index contributed by atoms with van der Waals surface area (Å²) in [5.74, 6) is 0.738. The lowest BCUT2D eigenvalue weighted by Gasteiger charge is -2.25. The van der Waals surface area contributed by atoms with E-state index in [2.05, 4.69) is 20.9 Å². The Labute approximate surface area is 136 Å². The summed E-state index contributed by atoms with van der Waals surface area (Å²) in [6.45, 7) is 0. The van der Waals surface area contributed by atoms with Crippen molar-refractivity contribution in [2.24, 2.45) is 0 Å². The number of benzene rings is 2. The molecule has 0 N–H and O–H groups in total. The number of hydrogen-bond donors (Lipinski definition) is 0. The quantitative estimate of drug-likeness (QED) is 0.636. The van der Waals surface area contributed by atoms with Crippen molar-refractivity contribution in [3.05, 3.63) is 70.5 Å². The molecule has 2 heterocycles. The molecule has 0 bridgehead atoms. The molecule has 0 aliphatic carbocycles. The highest BCUT2D eigenvalue weighted by molar-refractivity contribution is 9.10. The van der Waals surface area contributed by atoms with Gasteiger partial charge in [0.15, 0.2) is 5.78 Å². The first-order valence-corrected chi connectivity index (χ1v) is 7.85. The molecule has 1 aliphatic rings. The van der Waals surface area contributed by atoms with Crippen molar-refractivity contribution >= 4 is 32.5 Å². The van der Waals surface area contributed by atoms with Crippen LogP contribution in [0.15, 0.2) is 59.2 Å². The molecule has 1 unspecified atom stereocenters. The number of rotatable bonds is 1. The normalized spacial score (nSPS) is 17.1. The molecule has 4 heteroatoms. The fraction of sp³-hybridized carbons (Fsp3) is 0.111. The van der Waals surface area contributed by atoms with Crippen LogP contribution in [0.3, 0.4) is 0 Å². The molecule has 1 aromatic heterocycles. The van der Waals surface area contributed by atoms with Crippen molar-refractivity contribution in [3.8, 4) is 5.75 Å². The molecule has 3 nitrogen and oxygen atoms in total. The standard InChI is InChI=1S/C18H12BrNO2/c19-12-5-6-13-11(9-12)7-8-20-18(13)17-10-15(21)14-3-1-2-4-16(14)22-17/h1-9,17H,10H2. The molecule has 2 aromatic carbocycles. The van der Waals surface area contributed by atoms with Crippen LogP contribution in [-0.2, 0) is 0 Å². The molecule has 0 fully saturated rings. The molecular formula is C18H12BrNO2. The van der Waals surface area contributed by atoms with E-state index >= 15 is 0 Å². The highest BCUT2D eigenvalue weighted by Gasteiger charge is 2.29. The van der Waals surface area contributed by atoms with Gasteiger partial charge in [-0.25, -0.2) is 0 Å². The van der Waals surface area contributed by atoms with Crippen LogP contribution in [0.25, 0.3) is 10.8 Å². The zero-order valence-corrected chi connectivity index (χ0v) is 13.2. The first-order valence-electron chi connectivity index (χ1n) is 7.05. The van der Waals surface area contributed by atoms with Crippen LogP contribution in [0.2, 0.25) is 0 Å². The number of fused-ring (bicyclic) bond motifs is 2. The first-order chi connectivity index (χ1) is 10.7. The number of hydrogen-bond acceptors (Lipinski definition) is 3. The van der Waals surface area contributed by atoms with E-state index < -0.39 is 0 Å². The number of Topliss-reactive ketones (excluding diaryl/α,β-unsaturated/α-hetero) is 1. The molecule has 108 valence electrons. The fourth-order valence-electron chi connectivity index (χ4n) is 2.85. The lowest BCUT2D eigenvalue weighted by Crippen LogP contribution is -2.21. The van der Waals surface area contributed by atoms with Crippen molar-refractivity contribution in [2.45, 2.75) is 12.5 Å². The number of pyridine rings is 1. The van der Waals surface area contributed by atoms with Crippen molar-refractivity contribution in [3.63, 3.8) is 0 Å². The Bertz CT molecular complexity index is 891. The maximum Gasteiger partial charge on any atom is 0.170 e. The minimum atomic E-state index is -0.340. The van der Waals surface area contributed by atoms with Gasteiger partial charge < -0.3 is 4.74 Å². The SMILES string of the molecule is O=C1CC(c2nccc3cc(Br)ccc23)Oc2ccccc21. The number of nitrogens with zero attached hydrogens (tertiary/aromatic N) is 1. The summed E-state index contributed by atoms with van der Waals surface area (Å²) in [4.78, 5) is 16.8. The fourth-order valence-corrected chi connectivity index (χ4v) is 3.23. The van der Waals surface area contributed by atoms with Crippen LogP contribution in [0.5, 0.6) is 5.75 Å². The smallest absolute Gasteiger partial charge is 0.170 e. The van der Waals surface area contributed by atoms with E-state index in [9.17, 15) is 4.79 Å². The number of carbonyl (C=O) groups is 1. The lowest BCUT2D eigenvalue weighted by atomic mass is 9.96. The summed E-state index contributed by atoms with van der Waals surface area (Å²) in [6.07, 6.45) is 1.74. The predicted octanol–water partition coefficient (Wildman–Crippen LogP) is 4.70. The summed E-state index contributed by atoms with van der Waals surface area (Å²) < 4.78 is 7.05. The van der Waals surface area contributed by atoms with Gasteiger partial charge in [0.05, 0.1) is 17.7 Å². The zero-order valence-electron chi connectivity index (χ0n) is 11.6. The van der Waals surface area contributed by atoms with Gasteiger partial charge in [0, 0.05) is 16.1 Å². The Morgan fingerprint density at radius 2 is 2.00 bits per heavy atom. The maximum atomic E-state index is 12.3. The summed E-state index contributed by atoms with van der Waals surface area (Å²) in [6, 6.07) is 15.4. The van der Waals surface area contributed by atoms with Gasteiger partial charge in [0.25, 0.3) is 0 Å². The van der Waals surface area contributed by atoms with Gasteiger partial charge in [-0.3, -0.25) is 9.78 Å². The van der Waals surface area contributed by atoms with Crippen molar-refractivity contribution in [2.75, 3.05) is 0 Å². The lowest BCUT2D eigenvalue weighted by molar-refractivity contribution is 0.0847. The second-order valence-electron chi connectivity index (χ2n) is 5.29. The molecule has 0 amide bonds. The van der Waals surface area contributed by atoms with Crippen molar-refractivity contribution in [1.82, 2.24) is 4.98 Å². The van der Waals surface area contributed by atoms with Gasteiger partial charge in [0.2, 0.25) is 0 Å². The molecule has 0 spiro atoms. The monoisotopic (exact) mass is 353 g/mol. The van der Waals surface area contributed by atoms with Crippen LogP contribution >= 0.6 is 15.9 Å². The van der Waals surface area contributed by atoms with Gasteiger partial charge >= 0.3 is 0 Å². The van der Waals surface area contributed by atoms with Gasteiger partial charge in [-0.05, 0) is 35.7 Å². The van der Waals surface area contributed by atoms with Crippen LogP contribution in [0, 0.1) is 0 Å². The largest absolute Gasteiger partial charge is 0.483 e. The minimum Gasteiger partial charge on any atom is -0.483 e. The van der Waals surface area contributed by atoms with Crippen molar-refractivity contribution in [1.29, 1.82) is 0 Å². The van der Waals surface area contributed by atoms with E-state index in [1.54, 1.807) is 6.20 Å². The maximum absolute atomic E-state index is 12.3. The average Bonchev–Trinajstić information content (AvgIpc) is 2.54. The average molecular weight is 354 g/mol. The summed E-state index contributed by atoms with van der Waals surface area (Å²) in [5, 5.41) is 2.09. The second-order valence-corrected chi connectivity index (χ2v) is 6.21. The zero-order chi connectivity index (χ0) is 15.1. The number of halogens is 1. The number of ether oxygens (including phenoxy) is 1. The third-order valence-corrected chi connectivity index (χ3v) is 4.38. The third-order valence-electron chi connectivity index (χ3n) is 3.89. The van der Waals surface area contributed by atoms with Crippen molar-refractivity contribution < 1.29 is 9.53 Å². The highest BCUT2D eigenvalue weighted by atomic mass is 79.9. The third kappa shape index (κ3) is 2.20. The van der Waals surface area contributed by atoms with Crippen LogP contribution in [0.1, 0.15) is 28.6 Å². The number of para-hydroxylation sites is 1. The molecule has 0 saturated heterocycles. The molecule has 0 radical (unpaired) electrons. The number of ketones is 1. The molecule has 1 aliphatic heterocycles. The van der Waals surface area contributed by atoms with Gasteiger partial charge in [-0.15, -0.1) is 0 Å². The van der Waals surface area contributed by atoms with Gasteiger partial charge in [0.1, 0.15) is 11.9 Å². The molecular weight excluding hydrogens is 342 g/mol. The first kappa shape index (κ1) is 13.5. The topological polar surface area (TPSA) is 39.2 Å². The van der Waals surface area contributed by atoms with E-state index in [0.29, 0.717) is 17.7 Å². The van der Waals surface area contributed by atoms with E-state index in [1.165, 1.54) is 0 Å². The molecule has 1 atom stereocenters. The van der Waals surface area contributed by atoms with E-state index in [4.69, 9.17) is 4.74 Å². The van der Waals surface area contributed by atoms with E-state index in [1.807, 2.05) is 48.5 Å². The molecule has 3 aromatic rings. The summed E-state index contributed by atoms with van der Waals surface area (Å²) in [5.41, 5.74) is 1.47. The molecule has 22 heavy (non-hydrogen) atoms. The highest BCUT2D eigenvalue weighted by Crippen LogP contribution is 2.36. The van der Waals surface area contributed by atoms with Crippen LogP contribution in [0.4, 0.5) is 0 Å². The Kier molecular flexibility index (Phi) is 3.19. The van der Waals surface area contributed by atoms with Crippen LogP contribution in [-0.4, -0.2) is 10.8 Å². The Morgan fingerprint density at radius 3 is 2.91 bits per heavy atom.